The molecule has 1 N–H and O–H groups in total. The molecule has 0 aromatic rings. The Morgan fingerprint density at radius 3 is 2.24 bits per heavy atom. The van der Waals surface area contributed by atoms with E-state index in [0.717, 1.165) is 6.04 Å². The first-order chi connectivity index (χ1) is 8.45. The van der Waals surface area contributed by atoms with Crippen molar-refractivity contribution in [1.29, 1.82) is 0 Å². The third-order valence-electron chi connectivity index (χ3n) is 4.11. The molecule has 0 atom stereocenters. The zero-order valence-electron chi connectivity index (χ0n) is 11.4. The molecule has 2 heteroatoms. The maximum Gasteiger partial charge on any atom is 0.00682 e. The van der Waals surface area contributed by atoms with Crippen molar-refractivity contribution in [3.8, 4) is 0 Å². The molecule has 0 radical (unpaired) electrons. The summed E-state index contributed by atoms with van der Waals surface area (Å²) in [6, 6.07) is 0.893. The van der Waals surface area contributed by atoms with Crippen LogP contribution in [0, 0.1) is 0 Å². The van der Waals surface area contributed by atoms with Gasteiger partial charge in [0.1, 0.15) is 0 Å². The van der Waals surface area contributed by atoms with Gasteiger partial charge in [0.15, 0.2) is 0 Å². The van der Waals surface area contributed by atoms with Gasteiger partial charge in [-0.15, -0.1) is 0 Å². The van der Waals surface area contributed by atoms with E-state index in [9.17, 15) is 0 Å². The molecule has 0 unspecified atom stereocenters. The number of hydrogen-bond acceptors (Lipinski definition) is 2. The maximum atomic E-state index is 3.60. The highest BCUT2D eigenvalue weighted by Crippen LogP contribution is 2.18. The second kappa shape index (κ2) is 8.10. The summed E-state index contributed by atoms with van der Waals surface area (Å²) in [5.74, 6) is 0. The van der Waals surface area contributed by atoms with E-state index in [0.29, 0.717) is 0 Å². The van der Waals surface area contributed by atoms with E-state index < -0.39 is 0 Å². The second-order valence-electron chi connectivity index (χ2n) is 5.90. The van der Waals surface area contributed by atoms with Gasteiger partial charge < -0.3 is 10.2 Å². The van der Waals surface area contributed by atoms with Crippen LogP contribution in [-0.4, -0.2) is 37.1 Å². The average Bonchev–Trinajstić information content (AvgIpc) is 3.09. The smallest absolute Gasteiger partial charge is 0.00682 e. The number of unbranched alkanes of at least 4 members (excludes halogenated alkanes) is 2. The normalized spacial score (nSPS) is 23.3. The molecule has 0 bridgehead atoms. The van der Waals surface area contributed by atoms with Crippen molar-refractivity contribution in [2.75, 3.05) is 26.2 Å². The van der Waals surface area contributed by atoms with Crippen LogP contribution in [-0.2, 0) is 0 Å². The van der Waals surface area contributed by atoms with Gasteiger partial charge in [-0.25, -0.2) is 0 Å². The first kappa shape index (κ1) is 13.4. The molecule has 2 rings (SSSR count). The summed E-state index contributed by atoms with van der Waals surface area (Å²) in [7, 11) is 0. The molecule has 2 fully saturated rings. The van der Waals surface area contributed by atoms with Crippen LogP contribution in [0.5, 0.6) is 0 Å². The quantitative estimate of drug-likeness (QED) is 0.685. The Hall–Kier alpha value is -0.0800. The zero-order valence-corrected chi connectivity index (χ0v) is 11.4. The summed E-state index contributed by atoms with van der Waals surface area (Å²) in [6.07, 6.45) is 14.3. The van der Waals surface area contributed by atoms with Gasteiger partial charge in [0.25, 0.3) is 0 Å². The molecule has 17 heavy (non-hydrogen) atoms. The Labute approximate surface area is 107 Å². The molecule has 0 aromatic carbocycles. The largest absolute Gasteiger partial charge is 0.314 e. The Morgan fingerprint density at radius 1 is 0.824 bits per heavy atom. The van der Waals surface area contributed by atoms with Crippen molar-refractivity contribution in [1.82, 2.24) is 10.2 Å². The van der Waals surface area contributed by atoms with Gasteiger partial charge in [0, 0.05) is 6.04 Å². The van der Waals surface area contributed by atoms with Crippen LogP contribution < -0.4 is 5.32 Å². The van der Waals surface area contributed by atoms with Crippen LogP contribution >= 0.6 is 0 Å². The predicted octanol–water partition coefficient (Wildman–Crippen LogP) is 3.17. The number of likely N-dealkylation sites (tertiary alicyclic amines) is 1. The van der Waals surface area contributed by atoms with Crippen molar-refractivity contribution in [3.63, 3.8) is 0 Å². The SMILES string of the molecule is C1CCCN(CCCCCNC2CC2)CCC1. The topological polar surface area (TPSA) is 15.3 Å². The second-order valence-corrected chi connectivity index (χ2v) is 5.90. The van der Waals surface area contributed by atoms with E-state index >= 15 is 0 Å². The lowest BCUT2D eigenvalue weighted by molar-refractivity contribution is 0.242. The third kappa shape index (κ3) is 6.42. The van der Waals surface area contributed by atoms with E-state index in [-0.39, 0.29) is 0 Å². The van der Waals surface area contributed by atoms with Crippen LogP contribution in [0.25, 0.3) is 0 Å². The Morgan fingerprint density at radius 2 is 1.53 bits per heavy atom. The highest BCUT2D eigenvalue weighted by atomic mass is 15.1. The van der Waals surface area contributed by atoms with Crippen LogP contribution in [0.4, 0.5) is 0 Å². The number of nitrogens with zero attached hydrogens (tertiary/aromatic N) is 1. The third-order valence-corrected chi connectivity index (χ3v) is 4.11. The molecule has 0 spiro atoms. The lowest BCUT2D eigenvalue weighted by atomic mass is 10.1. The molecule has 0 aromatic heterocycles. The van der Waals surface area contributed by atoms with Crippen molar-refractivity contribution in [2.45, 2.75) is 70.3 Å². The Balaban J connectivity index is 1.42. The lowest BCUT2D eigenvalue weighted by Crippen LogP contribution is -2.28. The van der Waals surface area contributed by atoms with E-state index in [4.69, 9.17) is 0 Å². The van der Waals surface area contributed by atoms with Gasteiger partial charge in [-0.3, -0.25) is 0 Å². The Bertz CT molecular complexity index is 181. The number of rotatable bonds is 7. The molecule has 2 nitrogen and oxygen atoms in total. The monoisotopic (exact) mass is 238 g/mol. The van der Waals surface area contributed by atoms with Crippen molar-refractivity contribution in [3.05, 3.63) is 0 Å². The van der Waals surface area contributed by atoms with Gasteiger partial charge in [-0.2, -0.15) is 0 Å². The maximum absolute atomic E-state index is 3.60. The molecule has 1 heterocycles. The van der Waals surface area contributed by atoms with Gasteiger partial charge in [-0.05, 0) is 64.7 Å². The predicted molar refractivity (Wildman–Crippen MR) is 74.4 cm³/mol. The van der Waals surface area contributed by atoms with Crippen molar-refractivity contribution in [2.24, 2.45) is 0 Å². The first-order valence-corrected chi connectivity index (χ1v) is 7.91. The van der Waals surface area contributed by atoms with E-state index in [1.54, 1.807) is 0 Å². The van der Waals surface area contributed by atoms with E-state index in [2.05, 4.69) is 10.2 Å². The molecule has 1 aliphatic carbocycles. The lowest BCUT2D eigenvalue weighted by Gasteiger charge is -2.24. The first-order valence-electron chi connectivity index (χ1n) is 7.91. The minimum Gasteiger partial charge on any atom is -0.314 e. The fraction of sp³-hybridized carbons (Fsp3) is 1.00. The molecule has 0 amide bonds. The minimum atomic E-state index is 0.893. The fourth-order valence-corrected chi connectivity index (χ4v) is 2.77. The molecule has 100 valence electrons. The number of hydrogen-bond donors (Lipinski definition) is 1. The standard InChI is InChI=1S/C15H30N2/c1-2-6-12-17(13-7-3-1)14-8-4-5-11-16-15-9-10-15/h15-16H,1-14H2. The summed E-state index contributed by atoms with van der Waals surface area (Å²) in [4.78, 5) is 2.70. The molecular formula is C15H30N2. The summed E-state index contributed by atoms with van der Waals surface area (Å²) in [6.45, 7) is 5.33. The van der Waals surface area contributed by atoms with Crippen molar-refractivity contribution >= 4 is 0 Å². The molecule has 2 aliphatic rings. The van der Waals surface area contributed by atoms with Crippen LogP contribution in [0.2, 0.25) is 0 Å². The van der Waals surface area contributed by atoms with Gasteiger partial charge in [0.05, 0.1) is 0 Å². The average molecular weight is 238 g/mol. The molecule has 1 saturated heterocycles. The zero-order chi connectivity index (χ0) is 11.8. The summed E-state index contributed by atoms with van der Waals surface area (Å²) in [5.41, 5.74) is 0. The summed E-state index contributed by atoms with van der Waals surface area (Å²) in [5, 5.41) is 3.60. The highest BCUT2D eigenvalue weighted by molar-refractivity contribution is 4.80. The van der Waals surface area contributed by atoms with Crippen LogP contribution in [0.3, 0.4) is 0 Å². The number of nitrogens with one attached hydrogen (secondary N) is 1. The van der Waals surface area contributed by atoms with Crippen molar-refractivity contribution < 1.29 is 0 Å². The highest BCUT2D eigenvalue weighted by Gasteiger charge is 2.19. The van der Waals surface area contributed by atoms with Gasteiger partial charge >= 0.3 is 0 Å². The van der Waals surface area contributed by atoms with Crippen LogP contribution in [0.15, 0.2) is 0 Å². The fourth-order valence-electron chi connectivity index (χ4n) is 2.77. The molecule has 1 saturated carbocycles. The van der Waals surface area contributed by atoms with E-state index in [1.165, 1.54) is 90.4 Å². The molecule has 1 aliphatic heterocycles. The summed E-state index contributed by atoms with van der Waals surface area (Å²) < 4.78 is 0. The van der Waals surface area contributed by atoms with Crippen LogP contribution in [0.1, 0.15) is 64.2 Å². The molecular weight excluding hydrogens is 208 g/mol. The van der Waals surface area contributed by atoms with Gasteiger partial charge in [0.2, 0.25) is 0 Å². The Kier molecular flexibility index (Phi) is 6.36. The minimum absolute atomic E-state index is 0.893. The summed E-state index contributed by atoms with van der Waals surface area (Å²) >= 11 is 0. The van der Waals surface area contributed by atoms with Gasteiger partial charge in [-0.1, -0.05) is 25.7 Å². The van der Waals surface area contributed by atoms with E-state index in [1.807, 2.05) is 0 Å².